The molecule has 4 nitrogen and oxygen atoms in total. The van der Waals surface area contributed by atoms with E-state index in [0.29, 0.717) is 0 Å². The van der Waals surface area contributed by atoms with E-state index in [1.807, 2.05) is 30.3 Å². The molecule has 2 rings (SSSR count). The first kappa shape index (κ1) is 9.61. The third-order valence-corrected chi connectivity index (χ3v) is 2.00. The Bertz CT molecular complexity index is 431. The molecule has 0 fully saturated rings. The van der Waals surface area contributed by atoms with Crippen LogP contribution in [0.2, 0.25) is 0 Å². The van der Waals surface area contributed by atoms with Gasteiger partial charge in [-0.15, -0.1) is 5.10 Å². The van der Waals surface area contributed by atoms with Crippen LogP contribution in [0.1, 0.15) is 5.56 Å². The molecule has 0 saturated heterocycles. The zero-order valence-corrected chi connectivity index (χ0v) is 8.11. The molecule has 0 aliphatic heterocycles. The van der Waals surface area contributed by atoms with Gasteiger partial charge < -0.3 is 5.11 Å². The molecular weight excluding hydrogens is 190 g/mol. The molecule has 0 radical (unpaired) electrons. The van der Waals surface area contributed by atoms with Gasteiger partial charge >= 0.3 is 0 Å². The minimum absolute atomic E-state index is 0.0603. The number of benzene rings is 1. The van der Waals surface area contributed by atoms with Gasteiger partial charge in [0.05, 0.1) is 24.7 Å². The molecule has 1 heterocycles. The van der Waals surface area contributed by atoms with Crippen molar-refractivity contribution in [2.75, 3.05) is 6.61 Å². The summed E-state index contributed by atoms with van der Waals surface area (Å²) in [6.07, 6.45) is 6.99. The maximum atomic E-state index is 8.62. The van der Waals surface area contributed by atoms with E-state index in [1.54, 1.807) is 23.2 Å². The smallest absolute Gasteiger partial charge is 0.0697 e. The summed E-state index contributed by atoms with van der Waals surface area (Å²) in [5.74, 6) is 0. The lowest BCUT2D eigenvalue weighted by molar-refractivity contribution is 0.343. The van der Waals surface area contributed by atoms with Crippen molar-refractivity contribution in [1.29, 1.82) is 0 Å². The van der Waals surface area contributed by atoms with Gasteiger partial charge in [-0.2, -0.15) is 0 Å². The van der Waals surface area contributed by atoms with Gasteiger partial charge in [0.25, 0.3) is 0 Å². The van der Waals surface area contributed by atoms with E-state index in [9.17, 15) is 0 Å². The van der Waals surface area contributed by atoms with Crippen LogP contribution in [-0.2, 0) is 0 Å². The van der Waals surface area contributed by atoms with Crippen LogP contribution in [-0.4, -0.2) is 26.7 Å². The summed E-state index contributed by atoms with van der Waals surface area (Å²) in [5.41, 5.74) is 2.02. The number of aliphatic hydroxyl groups is 1. The summed E-state index contributed by atoms with van der Waals surface area (Å²) >= 11 is 0. The molecule has 0 bridgehead atoms. The first-order valence-electron chi connectivity index (χ1n) is 4.64. The van der Waals surface area contributed by atoms with Crippen molar-refractivity contribution < 1.29 is 5.11 Å². The highest BCUT2D eigenvalue weighted by Gasteiger charge is 1.95. The molecule has 2 aromatic rings. The molecule has 0 aliphatic rings. The summed E-state index contributed by atoms with van der Waals surface area (Å²) in [5, 5.41) is 16.2. The molecule has 0 amide bonds. The van der Waals surface area contributed by atoms with Gasteiger partial charge in [-0.3, -0.25) is 0 Å². The number of aromatic nitrogens is 3. The van der Waals surface area contributed by atoms with Crippen LogP contribution in [0.25, 0.3) is 11.8 Å². The molecular formula is C11H11N3O. The second-order valence-corrected chi connectivity index (χ2v) is 3.02. The second-order valence-electron chi connectivity index (χ2n) is 3.02. The molecule has 1 aromatic heterocycles. The number of nitrogens with zero attached hydrogens (tertiary/aromatic N) is 3. The lowest BCUT2D eigenvalue weighted by Gasteiger charge is -1.99. The molecule has 0 unspecified atom stereocenters. The quantitative estimate of drug-likeness (QED) is 0.813. The standard InChI is InChI=1S/C11H11N3O/c15-9-1-2-10-3-5-11(6-4-10)14-8-7-12-13-14/h1-8,15H,9H2/b2-1+. The summed E-state index contributed by atoms with van der Waals surface area (Å²) < 4.78 is 1.69. The molecule has 1 aromatic carbocycles. The average molecular weight is 201 g/mol. The molecule has 0 saturated carbocycles. The number of aliphatic hydroxyl groups excluding tert-OH is 1. The molecule has 1 N–H and O–H groups in total. The first-order valence-corrected chi connectivity index (χ1v) is 4.64. The number of rotatable bonds is 3. The van der Waals surface area contributed by atoms with Crippen molar-refractivity contribution in [2.45, 2.75) is 0 Å². The normalized spacial score (nSPS) is 11.0. The highest BCUT2D eigenvalue weighted by atomic mass is 16.2. The van der Waals surface area contributed by atoms with E-state index < -0.39 is 0 Å². The monoisotopic (exact) mass is 201 g/mol. The highest BCUT2D eigenvalue weighted by molar-refractivity contribution is 5.51. The Kier molecular flexibility index (Phi) is 2.90. The Morgan fingerprint density at radius 2 is 2.07 bits per heavy atom. The van der Waals surface area contributed by atoms with Gasteiger partial charge in [0, 0.05) is 0 Å². The zero-order chi connectivity index (χ0) is 10.5. The van der Waals surface area contributed by atoms with Crippen molar-refractivity contribution in [3.05, 3.63) is 48.3 Å². The molecule has 4 heteroatoms. The fourth-order valence-corrected chi connectivity index (χ4v) is 1.27. The molecule has 0 aliphatic carbocycles. The number of hydrogen-bond acceptors (Lipinski definition) is 3. The maximum Gasteiger partial charge on any atom is 0.0697 e. The first-order chi connectivity index (χ1) is 7.40. The Morgan fingerprint density at radius 1 is 1.27 bits per heavy atom. The minimum Gasteiger partial charge on any atom is -0.392 e. The fraction of sp³-hybridized carbons (Fsp3) is 0.0909. The summed E-state index contributed by atoms with van der Waals surface area (Å²) in [6, 6.07) is 7.82. The number of hydrogen-bond donors (Lipinski definition) is 1. The molecule has 0 atom stereocenters. The van der Waals surface area contributed by atoms with E-state index >= 15 is 0 Å². The predicted molar refractivity (Wildman–Crippen MR) is 57.5 cm³/mol. The molecule has 0 spiro atoms. The van der Waals surface area contributed by atoms with Crippen LogP contribution in [0.5, 0.6) is 0 Å². The van der Waals surface area contributed by atoms with E-state index in [2.05, 4.69) is 10.3 Å². The Morgan fingerprint density at radius 3 is 2.67 bits per heavy atom. The van der Waals surface area contributed by atoms with Crippen molar-refractivity contribution in [3.63, 3.8) is 0 Å². The Balaban J connectivity index is 2.21. The average Bonchev–Trinajstić information content (AvgIpc) is 2.80. The van der Waals surface area contributed by atoms with Gasteiger partial charge in [0.15, 0.2) is 0 Å². The zero-order valence-electron chi connectivity index (χ0n) is 8.11. The largest absolute Gasteiger partial charge is 0.392 e. The summed E-state index contributed by atoms with van der Waals surface area (Å²) in [7, 11) is 0. The van der Waals surface area contributed by atoms with E-state index in [1.165, 1.54) is 0 Å². The van der Waals surface area contributed by atoms with E-state index in [0.717, 1.165) is 11.3 Å². The van der Waals surface area contributed by atoms with Crippen LogP contribution < -0.4 is 0 Å². The SMILES string of the molecule is OC/C=C/c1ccc(-n2ccnn2)cc1. The predicted octanol–water partition coefficient (Wildman–Crippen LogP) is 1.27. The molecule has 76 valence electrons. The highest BCUT2D eigenvalue weighted by Crippen LogP contribution is 2.09. The third kappa shape index (κ3) is 2.30. The summed E-state index contributed by atoms with van der Waals surface area (Å²) in [4.78, 5) is 0. The van der Waals surface area contributed by atoms with E-state index in [4.69, 9.17) is 5.11 Å². The van der Waals surface area contributed by atoms with Gasteiger partial charge in [0.1, 0.15) is 0 Å². The van der Waals surface area contributed by atoms with Gasteiger partial charge in [-0.25, -0.2) is 4.68 Å². The van der Waals surface area contributed by atoms with Gasteiger partial charge in [0.2, 0.25) is 0 Å². The van der Waals surface area contributed by atoms with Crippen LogP contribution >= 0.6 is 0 Å². The van der Waals surface area contributed by atoms with Gasteiger partial charge in [-0.05, 0) is 17.7 Å². The lowest BCUT2D eigenvalue weighted by Crippen LogP contribution is -1.94. The van der Waals surface area contributed by atoms with Crippen LogP contribution in [0.15, 0.2) is 42.7 Å². The summed E-state index contributed by atoms with van der Waals surface area (Å²) in [6.45, 7) is 0.0603. The van der Waals surface area contributed by atoms with Crippen molar-refractivity contribution in [1.82, 2.24) is 15.0 Å². The lowest BCUT2D eigenvalue weighted by atomic mass is 10.2. The van der Waals surface area contributed by atoms with Crippen LogP contribution in [0, 0.1) is 0 Å². The maximum absolute atomic E-state index is 8.62. The van der Waals surface area contributed by atoms with Crippen molar-refractivity contribution in [2.24, 2.45) is 0 Å². The van der Waals surface area contributed by atoms with Crippen LogP contribution in [0.3, 0.4) is 0 Å². The van der Waals surface area contributed by atoms with Crippen molar-refractivity contribution in [3.8, 4) is 5.69 Å². The van der Waals surface area contributed by atoms with Crippen molar-refractivity contribution >= 4 is 6.08 Å². The van der Waals surface area contributed by atoms with Gasteiger partial charge in [-0.1, -0.05) is 29.5 Å². The second kappa shape index (κ2) is 4.52. The minimum atomic E-state index is 0.0603. The topological polar surface area (TPSA) is 50.9 Å². The Hall–Kier alpha value is -1.94. The fourth-order valence-electron chi connectivity index (χ4n) is 1.27. The third-order valence-electron chi connectivity index (χ3n) is 2.00. The molecule has 15 heavy (non-hydrogen) atoms. The van der Waals surface area contributed by atoms with Crippen LogP contribution in [0.4, 0.5) is 0 Å². The van der Waals surface area contributed by atoms with E-state index in [-0.39, 0.29) is 6.61 Å². The Labute approximate surface area is 87.5 Å².